The minimum absolute atomic E-state index is 0.0467. The minimum atomic E-state index is -4.49. The summed E-state index contributed by atoms with van der Waals surface area (Å²) < 4.78 is 85.0. The van der Waals surface area contributed by atoms with Crippen molar-refractivity contribution < 1.29 is 45.8 Å². The number of aromatic nitrogens is 8. The zero-order valence-corrected chi connectivity index (χ0v) is 26.0. The third-order valence-corrected chi connectivity index (χ3v) is 9.38. The van der Waals surface area contributed by atoms with Gasteiger partial charge in [0.1, 0.15) is 42.3 Å². The van der Waals surface area contributed by atoms with Gasteiger partial charge in [-0.2, -0.15) is 9.67 Å². The first-order valence-electron chi connectivity index (χ1n) is 12.8. The highest BCUT2D eigenvalue weighted by atomic mass is 32.7. The van der Waals surface area contributed by atoms with Crippen molar-refractivity contribution in [2.45, 2.75) is 49.5 Å². The molecule has 0 saturated carbocycles. The lowest BCUT2D eigenvalue weighted by Gasteiger charge is -2.24. The van der Waals surface area contributed by atoms with Crippen molar-refractivity contribution in [2.75, 3.05) is 24.7 Å². The van der Waals surface area contributed by atoms with Gasteiger partial charge in [-0.15, -0.1) is 5.10 Å². The van der Waals surface area contributed by atoms with Gasteiger partial charge >= 0.3 is 13.6 Å². The molecule has 0 aromatic carbocycles. The van der Waals surface area contributed by atoms with Crippen LogP contribution in [0.25, 0.3) is 22.2 Å². The van der Waals surface area contributed by atoms with Crippen LogP contribution >= 0.6 is 38.1 Å². The highest BCUT2D eigenvalue weighted by Gasteiger charge is 2.51. The maximum atomic E-state index is 15.9. The molecule has 25 heteroatoms. The molecular weight excluding hydrogens is 688 g/mol. The lowest BCUT2D eigenvalue weighted by Crippen LogP contribution is -2.33. The van der Waals surface area contributed by atoms with Crippen LogP contribution in [-0.2, 0) is 32.2 Å². The van der Waals surface area contributed by atoms with E-state index in [2.05, 4.69) is 54.7 Å². The Hall–Kier alpha value is -2.72. The van der Waals surface area contributed by atoms with E-state index in [1.165, 1.54) is 16.8 Å². The number of H-pyrrole nitrogens is 1. The number of hydrogen-bond acceptors (Lipinski definition) is 15. The van der Waals surface area contributed by atoms with Crippen LogP contribution in [-0.4, -0.2) is 88.3 Å². The van der Waals surface area contributed by atoms with E-state index in [0.29, 0.717) is 5.39 Å². The number of nitrogens with one attached hydrogen (secondary N) is 1. The number of rotatable bonds is 10. The molecule has 4 aromatic rings. The Balaban J connectivity index is 1.16. The van der Waals surface area contributed by atoms with Crippen LogP contribution in [0.15, 0.2) is 23.4 Å². The standard InChI is InChI=1S/C20H24F2N10O9P2S2/c21-8-3-11(32-17-13(29-30-32)18(33)28-20(24)27-17)39-9(8)4-38-43(36,45)41-14-10(5-37-42(34,35)44)40-19(12(14)22)31-2-1-7-15(23)25-6-26-16(7)31/h1-2,6,8-12,14,19H,3-5H2,(H,36,45)(H2,23,25,26)(H2,34,35,44)(H3,24,27,28,33)/t8-,9-,10-,11-,12+,14-,19-,43?/m1/s1. The van der Waals surface area contributed by atoms with Gasteiger partial charge in [0, 0.05) is 12.6 Å². The third-order valence-electron chi connectivity index (χ3n) is 6.93. The van der Waals surface area contributed by atoms with E-state index < -0.39 is 75.5 Å². The number of alkyl halides is 2. The second kappa shape index (κ2) is 12.1. The molecule has 244 valence electrons. The molecule has 4 aromatic heterocycles. The van der Waals surface area contributed by atoms with Crippen LogP contribution in [0.5, 0.6) is 0 Å². The summed E-state index contributed by atoms with van der Waals surface area (Å²) in [5, 5.41) is 7.91. The molecule has 2 aliphatic heterocycles. The first-order valence-corrected chi connectivity index (χ1v) is 18.3. The van der Waals surface area contributed by atoms with Gasteiger partial charge in [0.25, 0.3) is 5.56 Å². The molecule has 0 bridgehead atoms. The molecule has 0 amide bonds. The average Bonchev–Trinajstić information content (AvgIpc) is 3.72. The van der Waals surface area contributed by atoms with Crippen LogP contribution in [0.3, 0.4) is 0 Å². The van der Waals surface area contributed by atoms with Crippen LogP contribution in [0, 0.1) is 0 Å². The molecule has 2 unspecified atom stereocenters. The summed E-state index contributed by atoms with van der Waals surface area (Å²) in [7, 11) is 0. The fourth-order valence-electron chi connectivity index (χ4n) is 4.94. The van der Waals surface area contributed by atoms with E-state index in [9.17, 15) is 23.2 Å². The van der Waals surface area contributed by atoms with Gasteiger partial charge in [-0.1, -0.05) is 29.7 Å². The van der Waals surface area contributed by atoms with Gasteiger partial charge in [-0.05, 0) is 6.07 Å². The third kappa shape index (κ3) is 6.59. The van der Waals surface area contributed by atoms with Crippen LogP contribution in [0.4, 0.5) is 20.5 Å². The highest BCUT2D eigenvalue weighted by Crippen LogP contribution is 2.57. The summed E-state index contributed by atoms with van der Waals surface area (Å²) in [6, 6.07) is 1.52. The quantitative estimate of drug-likeness (QED) is 0.100. The van der Waals surface area contributed by atoms with Crippen molar-refractivity contribution in [1.29, 1.82) is 0 Å². The van der Waals surface area contributed by atoms with Crippen molar-refractivity contribution in [1.82, 2.24) is 39.5 Å². The van der Waals surface area contributed by atoms with Gasteiger partial charge in [0.2, 0.25) is 5.95 Å². The van der Waals surface area contributed by atoms with Crippen molar-refractivity contribution >= 4 is 72.1 Å². The van der Waals surface area contributed by atoms with Gasteiger partial charge in [-0.3, -0.25) is 23.3 Å². The first kappa shape index (κ1) is 32.2. The van der Waals surface area contributed by atoms with Crippen LogP contribution in [0.1, 0.15) is 18.9 Å². The van der Waals surface area contributed by atoms with Crippen molar-refractivity contribution in [3.63, 3.8) is 0 Å². The fraction of sp³-hybridized carbons (Fsp3) is 0.500. The number of thiol groups is 2. The van der Waals surface area contributed by atoms with Gasteiger partial charge in [-0.25, -0.2) is 27.9 Å². The molecule has 6 heterocycles. The molecule has 0 radical (unpaired) electrons. The Bertz CT molecular complexity index is 1890. The van der Waals surface area contributed by atoms with Crippen LogP contribution in [0.2, 0.25) is 0 Å². The summed E-state index contributed by atoms with van der Waals surface area (Å²) in [5.74, 6) is -0.0941. The van der Waals surface area contributed by atoms with Crippen LogP contribution < -0.4 is 17.0 Å². The number of ether oxygens (including phenoxy) is 2. The summed E-state index contributed by atoms with van der Waals surface area (Å²) in [4.78, 5) is 35.7. The zero-order valence-electron chi connectivity index (χ0n) is 22.4. The van der Waals surface area contributed by atoms with E-state index >= 15 is 4.39 Å². The van der Waals surface area contributed by atoms with Crippen molar-refractivity contribution in [3.05, 3.63) is 28.9 Å². The molecule has 2 aliphatic rings. The number of hydrogen-bond donors (Lipinski definition) is 6. The zero-order chi connectivity index (χ0) is 32.3. The molecule has 6 N–H and O–H groups in total. The Morgan fingerprint density at radius 2 is 1.89 bits per heavy atom. The molecule has 2 saturated heterocycles. The maximum Gasteiger partial charge on any atom is 0.386 e. The summed E-state index contributed by atoms with van der Waals surface area (Å²) in [6.45, 7) is -10.2. The van der Waals surface area contributed by atoms with E-state index in [1.54, 1.807) is 0 Å². The van der Waals surface area contributed by atoms with E-state index in [1.807, 2.05) is 0 Å². The number of nitrogen functional groups attached to an aromatic ring is 2. The topological polar surface area (TPSA) is 260 Å². The smallest absolute Gasteiger partial charge is 0.383 e. The number of nitrogens with two attached hydrogens (primary N) is 2. The Kier molecular flexibility index (Phi) is 8.69. The molecule has 0 spiro atoms. The number of fused-ring (bicyclic) bond motifs is 2. The Labute approximate surface area is 260 Å². The second-order valence-electron chi connectivity index (χ2n) is 9.89. The predicted octanol–water partition coefficient (Wildman–Crippen LogP) is 1.47. The molecule has 45 heavy (non-hydrogen) atoms. The SMILES string of the molecule is Nc1nc2c(nnn2[C@H]2C[C@@H](F)[C@@H](COP(=O)(S)O[C@H]3[C@H](F)[C@H](n4ccc5c(N)ncnc54)O[C@@H]3COP(=O)(O)S)O2)c(=O)[nH]1. The summed E-state index contributed by atoms with van der Waals surface area (Å²) in [5.41, 5.74) is 10.8. The van der Waals surface area contributed by atoms with Crippen molar-refractivity contribution in [3.8, 4) is 0 Å². The number of anilines is 2. The second-order valence-corrected chi connectivity index (χ2v) is 15.5. The average molecular weight is 713 g/mol. The molecule has 6 rings (SSSR count). The van der Waals surface area contributed by atoms with Gasteiger partial charge in [0.15, 0.2) is 29.8 Å². The minimum Gasteiger partial charge on any atom is -0.383 e. The molecule has 0 aliphatic carbocycles. The Morgan fingerprint density at radius 1 is 1.13 bits per heavy atom. The van der Waals surface area contributed by atoms with E-state index in [-0.39, 0.29) is 35.0 Å². The monoisotopic (exact) mass is 712 g/mol. The van der Waals surface area contributed by atoms with Gasteiger partial charge in [0.05, 0.1) is 18.6 Å². The van der Waals surface area contributed by atoms with E-state index in [4.69, 9.17) is 34.5 Å². The number of halogens is 2. The largest absolute Gasteiger partial charge is 0.386 e. The van der Waals surface area contributed by atoms with Crippen molar-refractivity contribution in [2.24, 2.45) is 0 Å². The lowest BCUT2D eigenvalue weighted by atomic mass is 10.1. The van der Waals surface area contributed by atoms with Gasteiger partial charge < -0.3 is 30.4 Å². The number of nitrogens with zero attached hydrogens (tertiary/aromatic N) is 7. The summed E-state index contributed by atoms with van der Waals surface area (Å²) >= 11 is 7.36. The lowest BCUT2D eigenvalue weighted by molar-refractivity contribution is -0.0443. The van der Waals surface area contributed by atoms with E-state index in [0.717, 1.165) is 11.0 Å². The normalized spacial score (nSPS) is 29.8. The molecular formula is C20H24F2N10O9P2S2. The first-order chi connectivity index (χ1) is 21.2. The number of aromatic amines is 1. The Morgan fingerprint density at radius 3 is 2.64 bits per heavy atom. The highest BCUT2D eigenvalue weighted by molar-refractivity contribution is 8.44. The molecule has 19 nitrogen and oxygen atoms in total. The summed E-state index contributed by atoms with van der Waals surface area (Å²) in [6.07, 6.45) is -8.48. The molecule has 9 atom stereocenters. The predicted molar refractivity (Wildman–Crippen MR) is 157 cm³/mol. The fourth-order valence-corrected chi connectivity index (χ4v) is 6.96. The molecule has 2 fully saturated rings. The maximum absolute atomic E-state index is 15.9.